The van der Waals surface area contributed by atoms with E-state index >= 15 is 0 Å². The number of pyridine rings is 1. The van der Waals surface area contributed by atoms with Crippen LogP contribution in [0.5, 0.6) is 0 Å². The van der Waals surface area contributed by atoms with Gasteiger partial charge in [0.2, 0.25) is 0 Å². The largest absolute Gasteiger partial charge is 0.462 e. The van der Waals surface area contributed by atoms with Crippen LogP contribution in [-0.4, -0.2) is 23.5 Å². The average Bonchev–Trinajstić information content (AvgIpc) is 2.68. The van der Waals surface area contributed by atoms with E-state index in [1.54, 1.807) is 49.5 Å². The summed E-state index contributed by atoms with van der Waals surface area (Å²) in [5.41, 5.74) is 4.71. The Morgan fingerprint density at radius 2 is 1.59 bits per heavy atom. The van der Waals surface area contributed by atoms with Gasteiger partial charge in [-0.3, -0.25) is 4.79 Å². The molecule has 1 amide bonds. The zero-order valence-electron chi connectivity index (χ0n) is 16.7. The van der Waals surface area contributed by atoms with E-state index in [0.717, 1.165) is 16.8 Å². The number of carbonyl (C=O) groups excluding carboxylic acids is 2. The third-order valence-corrected chi connectivity index (χ3v) is 4.17. The van der Waals surface area contributed by atoms with Crippen LogP contribution >= 0.6 is 0 Å². The summed E-state index contributed by atoms with van der Waals surface area (Å²) in [7, 11) is 0. The number of hydrogen-bond acceptors (Lipinski definition) is 5. The minimum Gasteiger partial charge on any atom is -0.462 e. The molecule has 3 aromatic rings. The van der Waals surface area contributed by atoms with E-state index in [9.17, 15) is 9.59 Å². The van der Waals surface area contributed by atoms with Gasteiger partial charge in [0, 0.05) is 23.1 Å². The Morgan fingerprint density at radius 1 is 0.897 bits per heavy atom. The van der Waals surface area contributed by atoms with Crippen molar-refractivity contribution < 1.29 is 14.3 Å². The van der Waals surface area contributed by atoms with Crippen LogP contribution < -0.4 is 10.6 Å². The number of anilines is 3. The van der Waals surface area contributed by atoms with Crippen LogP contribution in [0.4, 0.5) is 17.2 Å². The monoisotopic (exact) mass is 389 g/mol. The normalized spacial score (nSPS) is 10.3. The van der Waals surface area contributed by atoms with Gasteiger partial charge < -0.3 is 15.4 Å². The van der Waals surface area contributed by atoms with E-state index in [1.165, 1.54) is 0 Å². The lowest BCUT2D eigenvalue weighted by molar-refractivity contribution is 0.0526. The first-order valence-electron chi connectivity index (χ1n) is 9.34. The highest BCUT2D eigenvalue weighted by Crippen LogP contribution is 2.19. The van der Waals surface area contributed by atoms with Gasteiger partial charge in [-0.25, -0.2) is 9.78 Å². The molecule has 3 rings (SSSR count). The van der Waals surface area contributed by atoms with E-state index in [4.69, 9.17) is 4.74 Å². The van der Waals surface area contributed by atoms with Crippen LogP contribution in [0.2, 0.25) is 0 Å². The highest BCUT2D eigenvalue weighted by Gasteiger charge is 2.10. The molecule has 0 atom stereocenters. The van der Waals surface area contributed by atoms with Crippen LogP contribution in [0.25, 0.3) is 0 Å². The molecule has 2 N–H and O–H groups in total. The first kappa shape index (κ1) is 20.1. The number of ether oxygens (including phenoxy) is 1. The van der Waals surface area contributed by atoms with E-state index in [0.29, 0.717) is 29.2 Å². The summed E-state index contributed by atoms with van der Waals surface area (Å²) in [4.78, 5) is 28.6. The molecule has 6 heteroatoms. The Balaban J connectivity index is 1.70. The van der Waals surface area contributed by atoms with Gasteiger partial charge in [0.05, 0.1) is 12.2 Å². The lowest BCUT2D eigenvalue weighted by Crippen LogP contribution is -2.13. The second-order valence-electron chi connectivity index (χ2n) is 6.68. The van der Waals surface area contributed by atoms with Crippen LogP contribution in [0.15, 0.2) is 60.8 Å². The molecule has 2 aromatic carbocycles. The van der Waals surface area contributed by atoms with Gasteiger partial charge in [-0.05, 0) is 80.4 Å². The van der Waals surface area contributed by atoms with Crippen molar-refractivity contribution in [2.75, 3.05) is 17.2 Å². The van der Waals surface area contributed by atoms with Gasteiger partial charge in [-0.1, -0.05) is 6.07 Å². The number of aryl methyl sites for hydroxylation is 2. The van der Waals surface area contributed by atoms with Crippen molar-refractivity contribution in [3.8, 4) is 0 Å². The molecule has 1 heterocycles. The first-order chi connectivity index (χ1) is 13.9. The maximum atomic E-state index is 12.6. The van der Waals surface area contributed by atoms with Gasteiger partial charge in [-0.15, -0.1) is 0 Å². The van der Waals surface area contributed by atoms with E-state index in [2.05, 4.69) is 21.7 Å². The zero-order chi connectivity index (χ0) is 20.8. The van der Waals surface area contributed by atoms with Gasteiger partial charge in [0.1, 0.15) is 5.82 Å². The molecule has 0 radical (unpaired) electrons. The fourth-order valence-corrected chi connectivity index (χ4v) is 2.94. The zero-order valence-corrected chi connectivity index (χ0v) is 16.7. The Bertz CT molecular complexity index is 1010. The van der Waals surface area contributed by atoms with Gasteiger partial charge in [0.15, 0.2) is 0 Å². The van der Waals surface area contributed by atoms with Crippen molar-refractivity contribution in [3.05, 3.63) is 83.0 Å². The molecule has 148 valence electrons. The predicted molar refractivity (Wildman–Crippen MR) is 114 cm³/mol. The van der Waals surface area contributed by atoms with Crippen molar-refractivity contribution in [2.45, 2.75) is 20.8 Å². The number of hydrogen-bond donors (Lipinski definition) is 2. The highest BCUT2D eigenvalue weighted by molar-refractivity contribution is 6.04. The number of aromatic nitrogens is 1. The van der Waals surface area contributed by atoms with Crippen LogP contribution in [0.1, 0.15) is 38.8 Å². The second kappa shape index (κ2) is 9.01. The van der Waals surface area contributed by atoms with Crippen molar-refractivity contribution in [1.82, 2.24) is 4.98 Å². The lowest BCUT2D eigenvalue weighted by Gasteiger charge is -2.10. The number of benzene rings is 2. The Kier molecular flexibility index (Phi) is 6.24. The molecule has 0 saturated carbocycles. The summed E-state index contributed by atoms with van der Waals surface area (Å²) in [5.74, 6) is -0.0679. The van der Waals surface area contributed by atoms with Gasteiger partial charge in [-0.2, -0.15) is 0 Å². The quantitative estimate of drug-likeness (QED) is 0.588. The minimum absolute atomic E-state index is 0.264. The van der Waals surface area contributed by atoms with E-state index in [1.807, 2.05) is 26.0 Å². The van der Waals surface area contributed by atoms with Crippen molar-refractivity contribution in [1.29, 1.82) is 0 Å². The van der Waals surface area contributed by atoms with Gasteiger partial charge >= 0.3 is 5.97 Å². The molecule has 6 nitrogen and oxygen atoms in total. The first-order valence-corrected chi connectivity index (χ1v) is 9.34. The molecule has 0 unspecified atom stereocenters. The third kappa shape index (κ3) is 5.42. The molecule has 0 aliphatic heterocycles. The molecule has 0 aliphatic carbocycles. The molecule has 1 aromatic heterocycles. The predicted octanol–water partition coefficient (Wildman–Crippen LogP) is 4.87. The van der Waals surface area contributed by atoms with Crippen molar-refractivity contribution in [3.63, 3.8) is 0 Å². The molecule has 0 spiro atoms. The maximum absolute atomic E-state index is 12.6. The highest BCUT2D eigenvalue weighted by atomic mass is 16.5. The molecule has 29 heavy (non-hydrogen) atoms. The molecule has 0 bridgehead atoms. The fourth-order valence-electron chi connectivity index (χ4n) is 2.94. The topological polar surface area (TPSA) is 80.3 Å². The minimum atomic E-state index is -0.387. The lowest BCUT2D eigenvalue weighted by atomic mass is 10.1. The number of rotatable bonds is 6. The molecule has 0 saturated heterocycles. The number of nitrogens with one attached hydrogen (secondary N) is 2. The maximum Gasteiger partial charge on any atom is 0.338 e. The van der Waals surface area contributed by atoms with E-state index < -0.39 is 0 Å². The summed E-state index contributed by atoms with van der Waals surface area (Å²) in [6.07, 6.45) is 1.59. The smallest absolute Gasteiger partial charge is 0.338 e. The third-order valence-electron chi connectivity index (χ3n) is 4.17. The Hall–Kier alpha value is -3.67. The van der Waals surface area contributed by atoms with Crippen LogP contribution in [0, 0.1) is 13.8 Å². The van der Waals surface area contributed by atoms with E-state index in [-0.39, 0.29) is 11.9 Å². The van der Waals surface area contributed by atoms with Crippen LogP contribution in [-0.2, 0) is 4.74 Å². The molecule has 0 aliphatic rings. The fraction of sp³-hybridized carbons (Fsp3) is 0.174. The average molecular weight is 389 g/mol. The Morgan fingerprint density at radius 3 is 2.24 bits per heavy atom. The standard InChI is InChI=1S/C23H23N3O3/c1-4-29-23(28)17-5-7-19(8-6-17)26-22(27)18-9-10-24-21(14-18)25-20-12-15(2)11-16(3)13-20/h5-14H,4H2,1-3H3,(H,24,25)(H,26,27). The SMILES string of the molecule is CCOC(=O)c1ccc(NC(=O)c2ccnc(Nc3cc(C)cc(C)c3)c2)cc1. The van der Waals surface area contributed by atoms with Crippen LogP contribution in [0.3, 0.4) is 0 Å². The van der Waals surface area contributed by atoms with Gasteiger partial charge in [0.25, 0.3) is 5.91 Å². The van der Waals surface area contributed by atoms with Crippen molar-refractivity contribution in [2.24, 2.45) is 0 Å². The summed E-state index contributed by atoms with van der Waals surface area (Å²) < 4.78 is 4.95. The molecular weight excluding hydrogens is 366 g/mol. The number of esters is 1. The summed E-state index contributed by atoms with van der Waals surface area (Å²) in [6.45, 7) is 6.13. The summed E-state index contributed by atoms with van der Waals surface area (Å²) in [5, 5.41) is 6.05. The molecule has 0 fully saturated rings. The second-order valence-corrected chi connectivity index (χ2v) is 6.68. The summed E-state index contributed by atoms with van der Waals surface area (Å²) in [6, 6.07) is 16.0. The number of amides is 1. The summed E-state index contributed by atoms with van der Waals surface area (Å²) >= 11 is 0. The number of carbonyl (C=O) groups is 2. The van der Waals surface area contributed by atoms with Crippen molar-refractivity contribution >= 4 is 29.1 Å². The molecular formula is C23H23N3O3. The number of nitrogens with zero attached hydrogens (tertiary/aromatic N) is 1. The Labute approximate surface area is 169 Å².